The van der Waals surface area contributed by atoms with E-state index in [-0.39, 0.29) is 29.0 Å². The summed E-state index contributed by atoms with van der Waals surface area (Å²) < 4.78 is 40.7. The first-order chi connectivity index (χ1) is 14.4. The van der Waals surface area contributed by atoms with E-state index < -0.39 is 17.9 Å². The molecule has 1 saturated heterocycles. The molecule has 2 fully saturated rings. The average Bonchev–Trinajstić information content (AvgIpc) is 3.13. The van der Waals surface area contributed by atoms with Gasteiger partial charge in [-0.2, -0.15) is 0 Å². The Hall–Kier alpha value is -3.43. The van der Waals surface area contributed by atoms with Gasteiger partial charge < -0.3 is 19.5 Å². The van der Waals surface area contributed by atoms with E-state index in [1.807, 2.05) is 0 Å². The van der Waals surface area contributed by atoms with Crippen LogP contribution in [0.2, 0.25) is 0 Å². The Labute approximate surface area is 169 Å². The largest absolute Gasteiger partial charge is 0.586 e. The number of nitrogens with zero attached hydrogens (tertiary/aromatic N) is 2. The number of anilines is 1. The molecule has 8 nitrogen and oxygen atoms in total. The SMILES string of the molecule is O=C1NC2(CCCCC2)C(=O)N1c1ccnc(Oc2ccc3c(c2)OC(F)(F)O3)c1. The Morgan fingerprint density at radius 1 is 1.03 bits per heavy atom. The lowest BCUT2D eigenvalue weighted by Gasteiger charge is -2.30. The molecule has 10 heteroatoms. The molecule has 0 radical (unpaired) electrons. The number of pyridine rings is 1. The number of halogens is 2. The van der Waals surface area contributed by atoms with E-state index >= 15 is 0 Å². The standard InChI is InChI=1S/C20H17F2N3O5/c21-20(22)29-14-5-4-13(11-15(14)30-20)28-16-10-12(6-9-23-16)25-17(26)19(24-18(25)27)7-2-1-3-8-19/h4-6,9-11H,1-3,7-8H2,(H,24,27). The van der Waals surface area contributed by atoms with Crippen molar-refractivity contribution in [3.63, 3.8) is 0 Å². The minimum atomic E-state index is -3.72. The summed E-state index contributed by atoms with van der Waals surface area (Å²) in [5.41, 5.74) is -0.528. The van der Waals surface area contributed by atoms with Crippen LogP contribution in [0, 0.1) is 0 Å². The number of urea groups is 1. The number of amides is 3. The van der Waals surface area contributed by atoms with E-state index in [9.17, 15) is 18.4 Å². The lowest BCUT2D eigenvalue weighted by molar-refractivity contribution is -0.286. The van der Waals surface area contributed by atoms with Gasteiger partial charge in [0.2, 0.25) is 5.88 Å². The van der Waals surface area contributed by atoms with Crippen LogP contribution in [0.5, 0.6) is 23.1 Å². The Balaban J connectivity index is 1.38. The molecule has 156 valence electrons. The Morgan fingerprint density at radius 3 is 2.60 bits per heavy atom. The molecule has 2 aromatic rings. The molecule has 30 heavy (non-hydrogen) atoms. The number of carbonyl (C=O) groups is 2. The summed E-state index contributed by atoms with van der Waals surface area (Å²) in [7, 11) is 0. The smallest absolute Gasteiger partial charge is 0.439 e. The molecule has 3 aliphatic rings. The van der Waals surface area contributed by atoms with Crippen LogP contribution in [0.1, 0.15) is 32.1 Å². The molecule has 1 aliphatic carbocycles. The predicted molar refractivity (Wildman–Crippen MR) is 98.8 cm³/mol. The molecule has 0 atom stereocenters. The zero-order valence-corrected chi connectivity index (χ0v) is 15.7. The molecule has 1 aromatic heterocycles. The zero-order chi connectivity index (χ0) is 20.9. The molecule has 1 saturated carbocycles. The Bertz CT molecular complexity index is 1040. The summed E-state index contributed by atoms with van der Waals surface area (Å²) in [4.78, 5) is 30.7. The second-order valence-corrected chi connectivity index (χ2v) is 7.44. The van der Waals surface area contributed by atoms with Crippen LogP contribution in [-0.2, 0) is 4.79 Å². The molecular weight excluding hydrogens is 400 g/mol. The van der Waals surface area contributed by atoms with Crippen LogP contribution < -0.4 is 24.4 Å². The van der Waals surface area contributed by atoms with Crippen molar-refractivity contribution in [2.24, 2.45) is 0 Å². The second kappa shape index (κ2) is 6.54. The highest BCUT2D eigenvalue weighted by Crippen LogP contribution is 2.43. The highest BCUT2D eigenvalue weighted by atomic mass is 19.3. The first-order valence-electron chi connectivity index (χ1n) is 9.56. The molecule has 1 aromatic carbocycles. The number of hydrogen-bond acceptors (Lipinski definition) is 6. The fourth-order valence-electron chi connectivity index (χ4n) is 4.06. The fourth-order valence-corrected chi connectivity index (χ4v) is 4.06. The molecular formula is C20H17F2N3O5. The molecule has 3 heterocycles. The number of nitrogens with one attached hydrogen (secondary N) is 1. The predicted octanol–water partition coefficient (Wildman–Crippen LogP) is 3.95. The number of aromatic nitrogens is 1. The lowest BCUT2D eigenvalue weighted by atomic mass is 9.82. The van der Waals surface area contributed by atoms with E-state index in [4.69, 9.17) is 4.74 Å². The van der Waals surface area contributed by atoms with Crippen molar-refractivity contribution in [2.45, 2.75) is 43.9 Å². The molecule has 1 spiro atoms. The van der Waals surface area contributed by atoms with Crippen molar-refractivity contribution in [2.75, 3.05) is 4.90 Å². The molecule has 0 unspecified atom stereocenters. The van der Waals surface area contributed by atoms with Crippen molar-refractivity contribution in [3.05, 3.63) is 36.5 Å². The van der Waals surface area contributed by atoms with Crippen LogP contribution in [0.3, 0.4) is 0 Å². The summed E-state index contributed by atoms with van der Waals surface area (Å²) in [5.74, 6) is -0.285. The van der Waals surface area contributed by atoms with Gasteiger partial charge in [0.15, 0.2) is 11.5 Å². The molecule has 1 N–H and O–H groups in total. The monoisotopic (exact) mass is 417 g/mol. The van der Waals surface area contributed by atoms with Gasteiger partial charge in [0.05, 0.1) is 5.69 Å². The second-order valence-electron chi connectivity index (χ2n) is 7.44. The maximum Gasteiger partial charge on any atom is 0.586 e. The van der Waals surface area contributed by atoms with E-state index in [1.54, 1.807) is 0 Å². The van der Waals surface area contributed by atoms with Crippen LogP contribution in [0.4, 0.5) is 19.3 Å². The van der Waals surface area contributed by atoms with Gasteiger partial charge in [0.1, 0.15) is 11.3 Å². The summed E-state index contributed by atoms with van der Waals surface area (Å²) in [5, 5.41) is 2.85. The molecule has 2 aliphatic heterocycles. The van der Waals surface area contributed by atoms with Gasteiger partial charge in [0.25, 0.3) is 5.91 Å². The number of benzene rings is 1. The lowest BCUT2D eigenvalue weighted by Crippen LogP contribution is -2.48. The van der Waals surface area contributed by atoms with Crippen molar-refractivity contribution < 1.29 is 32.6 Å². The van der Waals surface area contributed by atoms with Crippen LogP contribution >= 0.6 is 0 Å². The first kappa shape index (κ1) is 18.6. The minimum Gasteiger partial charge on any atom is -0.439 e. The number of fused-ring (bicyclic) bond motifs is 1. The van der Waals surface area contributed by atoms with Crippen molar-refractivity contribution in [1.82, 2.24) is 10.3 Å². The van der Waals surface area contributed by atoms with Gasteiger partial charge in [-0.05, 0) is 31.0 Å². The zero-order valence-electron chi connectivity index (χ0n) is 15.7. The number of ether oxygens (including phenoxy) is 3. The number of rotatable bonds is 3. The third-order valence-electron chi connectivity index (χ3n) is 5.44. The van der Waals surface area contributed by atoms with Crippen LogP contribution in [0.25, 0.3) is 0 Å². The number of alkyl halides is 2. The van der Waals surface area contributed by atoms with Crippen molar-refractivity contribution in [3.8, 4) is 23.1 Å². The van der Waals surface area contributed by atoms with Gasteiger partial charge in [-0.3, -0.25) is 4.79 Å². The average molecular weight is 417 g/mol. The number of imide groups is 1. The molecule has 5 rings (SSSR count). The van der Waals surface area contributed by atoms with Crippen LogP contribution in [0.15, 0.2) is 36.5 Å². The van der Waals surface area contributed by atoms with E-state index in [0.29, 0.717) is 18.5 Å². The minimum absolute atomic E-state index is 0.0864. The Kier molecular flexibility index (Phi) is 4.05. The van der Waals surface area contributed by atoms with E-state index in [2.05, 4.69) is 19.8 Å². The topological polar surface area (TPSA) is 90.0 Å². The quantitative estimate of drug-likeness (QED) is 0.761. The highest BCUT2D eigenvalue weighted by Gasteiger charge is 2.52. The van der Waals surface area contributed by atoms with E-state index in [0.717, 1.165) is 24.2 Å². The fraction of sp³-hybridized carbons (Fsp3) is 0.350. The number of hydrogen-bond donors (Lipinski definition) is 1. The molecule has 3 amide bonds. The van der Waals surface area contributed by atoms with Gasteiger partial charge >= 0.3 is 12.3 Å². The third kappa shape index (κ3) is 3.08. The van der Waals surface area contributed by atoms with Crippen molar-refractivity contribution >= 4 is 17.6 Å². The maximum absolute atomic E-state index is 13.2. The molecule has 0 bridgehead atoms. The van der Waals surface area contributed by atoms with Gasteiger partial charge in [-0.25, -0.2) is 14.7 Å². The summed E-state index contributed by atoms with van der Waals surface area (Å²) in [6.07, 6.45) is 1.71. The normalized spacial score (nSPS) is 21.1. The highest BCUT2D eigenvalue weighted by molar-refractivity contribution is 6.23. The van der Waals surface area contributed by atoms with Crippen molar-refractivity contribution in [1.29, 1.82) is 0 Å². The van der Waals surface area contributed by atoms with Gasteiger partial charge in [-0.15, -0.1) is 8.78 Å². The van der Waals surface area contributed by atoms with Gasteiger partial charge in [-0.1, -0.05) is 19.3 Å². The summed E-state index contributed by atoms with van der Waals surface area (Å²) >= 11 is 0. The maximum atomic E-state index is 13.2. The Morgan fingerprint density at radius 2 is 1.80 bits per heavy atom. The summed E-state index contributed by atoms with van der Waals surface area (Å²) in [6.45, 7) is 0. The number of carbonyl (C=O) groups excluding carboxylic acids is 2. The van der Waals surface area contributed by atoms with Gasteiger partial charge in [0, 0.05) is 18.3 Å². The first-order valence-corrected chi connectivity index (χ1v) is 9.56. The van der Waals surface area contributed by atoms with Crippen LogP contribution in [-0.4, -0.2) is 28.8 Å². The third-order valence-corrected chi connectivity index (χ3v) is 5.44. The van der Waals surface area contributed by atoms with E-state index in [1.165, 1.54) is 36.5 Å². The summed E-state index contributed by atoms with van der Waals surface area (Å²) in [6, 6.07) is 6.45.